The first-order chi connectivity index (χ1) is 15.3. The van der Waals surface area contributed by atoms with Crippen LogP contribution in [0.1, 0.15) is 52.0 Å². The van der Waals surface area contributed by atoms with Crippen LogP contribution in [0.2, 0.25) is 0 Å². The van der Waals surface area contributed by atoms with E-state index in [1.165, 1.54) is 7.11 Å². The van der Waals surface area contributed by atoms with Crippen LogP contribution in [-0.4, -0.2) is 42.0 Å². The number of aromatic amines is 1. The molecule has 0 radical (unpaired) electrons. The number of benzene rings is 1. The number of carbonyl (C=O) groups is 3. The van der Waals surface area contributed by atoms with E-state index in [2.05, 4.69) is 22.5 Å². The van der Waals surface area contributed by atoms with E-state index >= 15 is 0 Å². The molecule has 2 amide bonds. The molecule has 2 atom stereocenters. The summed E-state index contributed by atoms with van der Waals surface area (Å²) in [6.07, 6.45) is 5.93. The molecule has 0 bridgehead atoms. The molecule has 7 heteroatoms. The molecular weight excluding hydrogens is 406 g/mol. The highest BCUT2D eigenvalue weighted by Gasteiger charge is 2.32. The van der Waals surface area contributed by atoms with Crippen molar-refractivity contribution in [2.24, 2.45) is 17.8 Å². The van der Waals surface area contributed by atoms with Crippen LogP contribution in [0.3, 0.4) is 0 Å². The van der Waals surface area contributed by atoms with E-state index < -0.39 is 18.1 Å². The summed E-state index contributed by atoms with van der Waals surface area (Å²) in [4.78, 5) is 41.7. The van der Waals surface area contributed by atoms with Gasteiger partial charge in [0.15, 0.2) is 0 Å². The average Bonchev–Trinajstić information content (AvgIpc) is 3.19. The number of amides is 2. The van der Waals surface area contributed by atoms with E-state index in [0.717, 1.165) is 42.1 Å². The summed E-state index contributed by atoms with van der Waals surface area (Å²) < 4.78 is 4.86. The Bertz CT molecular complexity index is 944. The van der Waals surface area contributed by atoms with Gasteiger partial charge in [-0.2, -0.15) is 0 Å². The number of nitrogens with one attached hydrogen (secondary N) is 3. The van der Waals surface area contributed by atoms with E-state index in [9.17, 15) is 14.4 Å². The van der Waals surface area contributed by atoms with Gasteiger partial charge in [0.2, 0.25) is 11.8 Å². The van der Waals surface area contributed by atoms with Crippen LogP contribution in [0, 0.1) is 17.8 Å². The topological polar surface area (TPSA) is 100 Å². The van der Waals surface area contributed by atoms with E-state index in [1.807, 2.05) is 44.3 Å². The molecule has 2 unspecified atom stereocenters. The number of hydrogen-bond acceptors (Lipinski definition) is 4. The lowest BCUT2D eigenvalue weighted by atomic mass is 9.82. The van der Waals surface area contributed by atoms with Crippen molar-refractivity contribution in [2.45, 2.75) is 65.0 Å². The maximum atomic E-state index is 13.3. The Labute approximate surface area is 189 Å². The second-order valence-electron chi connectivity index (χ2n) is 9.34. The summed E-state index contributed by atoms with van der Waals surface area (Å²) >= 11 is 0. The number of esters is 1. The minimum atomic E-state index is -0.785. The van der Waals surface area contributed by atoms with Gasteiger partial charge in [-0.1, -0.05) is 39.0 Å². The van der Waals surface area contributed by atoms with E-state index in [-0.39, 0.29) is 23.7 Å². The molecule has 1 aliphatic rings. The zero-order valence-corrected chi connectivity index (χ0v) is 19.4. The van der Waals surface area contributed by atoms with Gasteiger partial charge in [0.05, 0.1) is 7.11 Å². The molecule has 1 aromatic carbocycles. The fraction of sp³-hybridized carbons (Fsp3) is 0.560. The van der Waals surface area contributed by atoms with Crippen molar-refractivity contribution in [3.05, 3.63) is 36.0 Å². The van der Waals surface area contributed by atoms with Crippen molar-refractivity contribution in [3.63, 3.8) is 0 Å². The van der Waals surface area contributed by atoms with Crippen molar-refractivity contribution in [2.75, 3.05) is 7.11 Å². The molecule has 1 saturated carbocycles. The summed E-state index contributed by atoms with van der Waals surface area (Å²) in [5.74, 6) is -0.544. The first-order valence-corrected chi connectivity index (χ1v) is 11.5. The Kier molecular flexibility index (Phi) is 7.94. The van der Waals surface area contributed by atoms with Crippen LogP contribution in [0.4, 0.5) is 0 Å². The zero-order chi connectivity index (χ0) is 23.3. The van der Waals surface area contributed by atoms with Gasteiger partial charge >= 0.3 is 5.97 Å². The molecule has 1 aromatic heterocycles. The van der Waals surface area contributed by atoms with Gasteiger partial charge in [0, 0.05) is 29.4 Å². The van der Waals surface area contributed by atoms with Crippen LogP contribution in [0.5, 0.6) is 0 Å². The predicted octanol–water partition coefficient (Wildman–Crippen LogP) is 3.34. The fourth-order valence-corrected chi connectivity index (χ4v) is 4.42. The second-order valence-corrected chi connectivity index (χ2v) is 9.34. The van der Waals surface area contributed by atoms with Crippen LogP contribution in [-0.2, 0) is 25.5 Å². The van der Waals surface area contributed by atoms with Gasteiger partial charge in [-0.25, -0.2) is 4.79 Å². The number of hydrogen-bond donors (Lipinski definition) is 3. The molecule has 0 spiro atoms. The SMILES string of the molecule is COC(=O)C(NC(=O)C(Cc1c[nH]c2ccccc12)NC(=O)C1CCC(C)CC1)C(C)C. The molecular formula is C25H35N3O4. The lowest BCUT2D eigenvalue weighted by Crippen LogP contribution is -2.55. The smallest absolute Gasteiger partial charge is 0.328 e. The maximum Gasteiger partial charge on any atom is 0.328 e. The van der Waals surface area contributed by atoms with Gasteiger partial charge in [0.25, 0.3) is 0 Å². The number of methoxy groups -OCH3 is 1. The largest absolute Gasteiger partial charge is 0.467 e. The Morgan fingerprint density at radius 3 is 2.44 bits per heavy atom. The second kappa shape index (κ2) is 10.7. The van der Waals surface area contributed by atoms with Gasteiger partial charge < -0.3 is 20.4 Å². The van der Waals surface area contributed by atoms with E-state index in [0.29, 0.717) is 12.3 Å². The number of para-hydroxylation sites is 1. The third-order valence-electron chi connectivity index (χ3n) is 6.54. The van der Waals surface area contributed by atoms with Crippen LogP contribution in [0.15, 0.2) is 30.5 Å². The molecule has 1 aliphatic carbocycles. The lowest BCUT2D eigenvalue weighted by Gasteiger charge is -2.28. The Morgan fingerprint density at radius 2 is 1.78 bits per heavy atom. The van der Waals surface area contributed by atoms with Crippen molar-refractivity contribution in [3.8, 4) is 0 Å². The number of rotatable bonds is 8. The van der Waals surface area contributed by atoms with Gasteiger partial charge in [-0.15, -0.1) is 0 Å². The number of fused-ring (bicyclic) bond motifs is 1. The molecule has 3 rings (SSSR count). The summed E-state index contributed by atoms with van der Waals surface area (Å²) in [6, 6.07) is 6.30. The first-order valence-electron chi connectivity index (χ1n) is 11.5. The molecule has 1 heterocycles. The standard InChI is InChI=1S/C25H35N3O4/c1-15(2)22(25(31)32-4)28-24(30)21(27-23(29)17-11-9-16(3)10-12-17)13-18-14-26-20-8-6-5-7-19(18)20/h5-8,14-17,21-22,26H,9-13H2,1-4H3,(H,27,29)(H,28,30). The summed E-state index contributed by atoms with van der Waals surface area (Å²) in [6.45, 7) is 5.90. The third kappa shape index (κ3) is 5.69. The monoisotopic (exact) mass is 441 g/mol. The minimum Gasteiger partial charge on any atom is -0.467 e. The molecule has 2 aromatic rings. The average molecular weight is 442 g/mol. The Balaban J connectivity index is 1.80. The third-order valence-corrected chi connectivity index (χ3v) is 6.54. The van der Waals surface area contributed by atoms with Crippen LogP contribution < -0.4 is 10.6 Å². The van der Waals surface area contributed by atoms with E-state index in [4.69, 9.17) is 4.74 Å². The number of aromatic nitrogens is 1. The molecule has 7 nitrogen and oxygen atoms in total. The summed E-state index contributed by atoms with van der Waals surface area (Å²) in [5.41, 5.74) is 1.92. The summed E-state index contributed by atoms with van der Waals surface area (Å²) in [7, 11) is 1.30. The highest BCUT2D eigenvalue weighted by Crippen LogP contribution is 2.28. The normalized spacial score (nSPS) is 20.5. The Morgan fingerprint density at radius 1 is 1.09 bits per heavy atom. The number of ether oxygens (including phenoxy) is 1. The Hall–Kier alpha value is -2.83. The van der Waals surface area contributed by atoms with Crippen molar-refractivity contribution in [1.82, 2.24) is 15.6 Å². The van der Waals surface area contributed by atoms with Gasteiger partial charge in [0.1, 0.15) is 12.1 Å². The first kappa shape index (κ1) is 23.8. The molecule has 1 fully saturated rings. The number of H-pyrrole nitrogens is 1. The maximum absolute atomic E-state index is 13.3. The van der Waals surface area contributed by atoms with Gasteiger partial charge in [-0.05, 0) is 49.1 Å². The molecule has 174 valence electrons. The highest BCUT2D eigenvalue weighted by atomic mass is 16.5. The number of carbonyl (C=O) groups excluding carboxylic acids is 3. The van der Waals surface area contributed by atoms with Crippen LogP contribution in [0.25, 0.3) is 10.9 Å². The minimum absolute atomic E-state index is 0.0778. The van der Waals surface area contributed by atoms with E-state index in [1.54, 1.807) is 0 Å². The zero-order valence-electron chi connectivity index (χ0n) is 19.4. The quantitative estimate of drug-likeness (QED) is 0.547. The summed E-state index contributed by atoms with van der Waals surface area (Å²) in [5, 5.41) is 6.81. The molecule has 0 aliphatic heterocycles. The molecule has 32 heavy (non-hydrogen) atoms. The van der Waals surface area contributed by atoms with Crippen molar-refractivity contribution in [1.29, 1.82) is 0 Å². The molecule has 0 saturated heterocycles. The van der Waals surface area contributed by atoms with Crippen LogP contribution >= 0.6 is 0 Å². The van der Waals surface area contributed by atoms with Gasteiger partial charge in [-0.3, -0.25) is 9.59 Å². The van der Waals surface area contributed by atoms with Crippen molar-refractivity contribution >= 4 is 28.7 Å². The molecule has 3 N–H and O–H groups in total. The predicted molar refractivity (Wildman–Crippen MR) is 124 cm³/mol. The van der Waals surface area contributed by atoms with Crippen molar-refractivity contribution < 1.29 is 19.1 Å². The fourth-order valence-electron chi connectivity index (χ4n) is 4.42. The lowest BCUT2D eigenvalue weighted by molar-refractivity contribution is -0.146. The highest BCUT2D eigenvalue weighted by molar-refractivity contribution is 5.92.